The molecule has 20 heavy (non-hydrogen) atoms. The number of nitrogens with one attached hydrogen (secondary N) is 1. The van der Waals surface area contributed by atoms with Crippen LogP contribution in [0, 0.1) is 13.8 Å². The lowest BCUT2D eigenvalue weighted by Crippen LogP contribution is -2.14. The van der Waals surface area contributed by atoms with Crippen LogP contribution in [0.4, 0.5) is 11.4 Å². The van der Waals surface area contributed by atoms with Gasteiger partial charge in [0.25, 0.3) is 10.0 Å². The van der Waals surface area contributed by atoms with Crippen molar-refractivity contribution in [2.24, 2.45) is 0 Å². The molecule has 2 aromatic carbocycles. The van der Waals surface area contributed by atoms with E-state index in [2.05, 4.69) is 20.7 Å². The molecule has 0 spiro atoms. The minimum absolute atomic E-state index is 0.138. The van der Waals surface area contributed by atoms with Gasteiger partial charge in [-0.2, -0.15) is 0 Å². The monoisotopic (exact) mass is 354 g/mol. The van der Waals surface area contributed by atoms with Crippen molar-refractivity contribution in [3.8, 4) is 0 Å². The number of hydrogen-bond acceptors (Lipinski definition) is 3. The fraction of sp³-hybridized carbons (Fsp3) is 0.143. The van der Waals surface area contributed by atoms with Crippen LogP contribution < -0.4 is 10.5 Å². The molecular formula is C14H15BrN2O2S. The largest absolute Gasteiger partial charge is 0.398 e. The maximum Gasteiger partial charge on any atom is 0.261 e. The Labute approximate surface area is 127 Å². The minimum atomic E-state index is -3.64. The quantitative estimate of drug-likeness (QED) is 0.829. The van der Waals surface area contributed by atoms with Crippen molar-refractivity contribution < 1.29 is 8.42 Å². The lowest BCUT2D eigenvalue weighted by Gasteiger charge is -2.12. The van der Waals surface area contributed by atoms with Gasteiger partial charge < -0.3 is 5.73 Å². The number of nitrogen functional groups attached to an aromatic ring is 1. The average Bonchev–Trinajstić information content (AvgIpc) is 2.38. The summed E-state index contributed by atoms with van der Waals surface area (Å²) in [7, 11) is -3.64. The van der Waals surface area contributed by atoms with E-state index < -0.39 is 10.0 Å². The van der Waals surface area contributed by atoms with Crippen LogP contribution in [0.3, 0.4) is 0 Å². The third-order valence-corrected chi connectivity index (χ3v) is 5.21. The Morgan fingerprint density at radius 3 is 2.50 bits per heavy atom. The van der Waals surface area contributed by atoms with E-state index in [1.54, 1.807) is 12.1 Å². The second kappa shape index (κ2) is 5.46. The van der Waals surface area contributed by atoms with Crippen molar-refractivity contribution in [3.63, 3.8) is 0 Å². The van der Waals surface area contributed by atoms with Crippen LogP contribution >= 0.6 is 15.9 Å². The molecule has 0 atom stereocenters. The van der Waals surface area contributed by atoms with Crippen LogP contribution in [0.15, 0.2) is 45.8 Å². The second-order valence-electron chi connectivity index (χ2n) is 4.54. The van der Waals surface area contributed by atoms with Gasteiger partial charge in [-0.3, -0.25) is 4.72 Å². The van der Waals surface area contributed by atoms with E-state index in [4.69, 9.17) is 5.73 Å². The molecule has 0 amide bonds. The molecule has 0 fully saturated rings. The lowest BCUT2D eigenvalue weighted by atomic mass is 10.1. The molecule has 0 radical (unpaired) electrons. The van der Waals surface area contributed by atoms with Gasteiger partial charge in [0.2, 0.25) is 0 Å². The summed E-state index contributed by atoms with van der Waals surface area (Å²) in [6.45, 7) is 3.81. The number of sulfonamides is 1. The number of benzene rings is 2. The van der Waals surface area contributed by atoms with Crippen LogP contribution in [0.2, 0.25) is 0 Å². The summed E-state index contributed by atoms with van der Waals surface area (Å²) in [6.07, 6.45) is 0. The summed E-state index contributed by atoms with van der Waals surface area (Å²) in [6, 6.07) is 10.0. The summed E-state index contributed by atoms with van der Waals surface area (Å²) in [5, 5.41) is 0. The first-order valence-electron chi connectivity index (χ1n) is 5.95. The summed E-state index contributed by atoms with van der Waals surface area (Å²) in [5.41, 5.74) is 8.62. The van der Waals surface area contributed by atoms with Crippen molar-refractivity contribution in [1.29, 1.82) is 0 Å². The van der Waals surface area contributed by atoms with Crippen molar-refractivity contribution in [2.45, 2.75) is 18.7 Å². The molecule has 0 aliphatic carbocycles. The fourth-order valence-corrected chi connectivity index (χ4v) is 3.16. The van der Waals surface area contributed by atoms with Gasteiger partial charge in [0.1, 0.15) is 0 Å². The highest BCUT2D eigenvalue weighted by atomic mass is 79.9. The zero-order valence-corrected chi connectivity index (χ0v) is 13.5. The number of anilines is 2. The van der Waals surface area contributed by atoms with E-state index in [0.29, 0.717) is 15.8 Å². The minimum Gasteiger partial charge on any atom is -0.398 e. The molecule has 6 heteroatoms. The van der Waals surface area contributed by atoms with Gasteiger partial charge in [-0.1, -0.05) is 12.1 Å². The maximum atomic E-state index is 12.3. The molecule has 0 bridgehead atoms. The maximum absolute atomic E-state index is 12.3. The summed E-state index contributed by atoms with van der Waals surface area (Å²) < 4.78 is 28.0. The van der Waals surface area contributed by atoms with Gasteiger partial charge >= 0.3 is 0 Å². The molecule has 0 aliphatic heterocycles. The third-order valence-electron chi connectivity index (χ3n) is 3.13. The molecule has 106 valence electrons. The smallest absolute Gasteiger partial charge is 0.261 e. The Bertz CT molecular complexity index is 758. The Morgan fingerprint density at radius 2 is 1.85 bits per heavy atom. The molecule has 0 unspecified atom stereocenters. The van der Waals surface area contributed by atoms with E-state index in [9.17, 15) is 8.42 Å². The lowest BCUT2D eigenvalue weighted by molar-refractivity contribution is 0.601. The van der Waals surface area contributed by atoms with E-state index in [0.717, 1.165) is 11.1 Å². The average molecular weight is 355 g/mol. The number of aryl methyl sites for hydroxylation is 1. The van der Waals surface area contributed by atoms with Crippen molar-refractivity contribution >= 4 is 37.3 Å². The van der Waals surface area contributed by atoms with Crippen molar-refractivity contribution in [3.05, 3.63) is 52.0 Å². The molecule has 0 aromatic heterocycles. The highest BCUT2D eigenvalue weighted by molar-refractivity contribution is 9.10. The topological polar surface area (TPSA) is 72.2 Å². The predicted molar refractivity (Wildman–Crippen MR) is 85.3 cm³/mol. The molecule has 2 aromatic rings. The van der Waals surface area contributed by atoms with Gasteiger partial charge in [-0.15, -0.1) is 0 Å². The highest BCUT2D eigenvalue weighted by Gasteiger charge is 2.16. The van der Waals surface area contributed by atoms with Crippen molar-refractivity contribution in [1.82, 2.24) is 0 Å². The van der Waals surface area contributed by atoms with E-state index >= 15 is 0 Å². The fourth-order valence-electron chi connectivity index (χ4n) is 1.75. The Hall–Kier alpha value is -1.53. The first kappa shape index (κ1) is 14.9. The third kappa shape index (κ3) is 2.96. The standard InChI is InChI=1S/C14H15BrN2O2S/c1-9-4-3-5-14(10(9)2)17-20(18,19)11-6-7-12(15)13(16)8-11/h3-8,17H,16H2,1-2H3. The van der Waals surface area contributed by atoms with Crippen LogP contribution in [-0.4, -0.2) is 8.42 Å². The van der Waals surface area contributed by atoms with Crippen LogP contribution in [0.1, 0.15) is 11.1 Å². The molecule has 0 saturated heterocycles. The van der Waals surface area contributed by atoms with Gasteiger partial charge in [0, 0.05) is 10.2 Å². The van der Waals surface area contributed by atoms with Crippen LogP contribution in [0.25, 0.3) is 0 Å². The molecule has 0 saturated carbocycles. The summed E-state index contributed by atoms with van der Waals surface area (Å²) >= 11 is 3.24. The molecule has 3 N–H and O–H groups in total. The Balaban J connectivity index is 2.41. The summed E-state index contributed by atoms with van der Waals surface area (Å²) in [5.74, 6) is 0. The molecule has 0 aliphatic rings. The van der Waals surface area contributed by atoms with E-state index in [1.165, 1.54) is 12.1 Å². The van der Waals surface area contributed by atoms with Gasteiger partial charge in [-0.25, -0.2) is 8.42 Å². The van der Waals surface area contributed by atoms with E-state index in [-0.39, 0.29) is 4.90 Å². The van der Waals surface area contributed by atoms with Gasteiger partial charge in [0.15, 0.2) is 0 Å². The SMILES string of the molecule is Cc1cccc(NS(=O)(=O)c2ccc(Br)c(N)c2)c1C. The Morgan fingerprint density at radius 1 is 1.15 bits per heavy atom. The van der Waals surface area contributed by atoms with Gasteiger partial charge in [-0.05, 0) is 65.2 Å². The summed E-state index contributed by atoms with van der Waals surface area (Å²) in [4.78, 5) is 0.138. The number of hydrogen-bond donors (Lipinski definition) is 2. The first-order valence-corrected chi connectivity index (χ1v) is 8.23. The number of halogens is 1. The zero-order chi connectivity index (χ0) is 14.9. The predicted octanol–water partition coefficient (Wildman–Crippen LogP) is 3.45. The number of rotatable bonds is 3. The Kier molecular flexibility index (Phi) is 4.06. The molecular weight excluding hydrogens is 340 g/mol. The first-order chi connectivity index (χ1) is 9.31. The molecule has 0 heterocycles. The molecule has 2 rings (SSSR count). The van der Waals surface area contributed by atoms with Crippen molar-refractivity contribution in [2.75, 3.05) is 10.5 Å². The zero-order valence-electron chi connectivity index (χ0n) is 11.1. The van der Waals surface area contributed by atoms with E-state index in [1.807, 2.05) is 26.0 Å². The highest BCUT2D eigenvalue weighted by Crippen LogP contribution is 2.26. The second-order valence-corrected chi connectivity index (χ2v) is 7.07. The van der Waals surface area contributed by atoms with Crippen LogP contribution in [0.5, 0.6) is 0 Å². The number of nitrogens with two attached hydrogens (primary N) is 1. The van der Waals surface area contributed by atoms with Crippen LogP contribution in [-0.2, 0) is 10.0 Å². The normalized spacial score (nSPS) is 11.3. The van der Waals surface area contributed by atoms with Gasteiger partial charge in [0.05, 0.1) is 10.6 Å². The molecule has 4 nitrogen and oxygen atoms in total.